The third-order valence-corrected chi connectivity index (χ3v) is 4.62. The predicted octanol–water partition coefficient (Wildman–Crippen LogP) is 2.88. The number of rotatable bonds is 4. The highest BCUT2D eigenvalue weighted by atomic mass is 19.1. The van der Waals surface area contributed by atoms with E-state index >= 15 is 0 Å². The third kappa shape index (κ3) is 3.40. The lowest BCUT2D eigenvalue weighted by molar-refractivity contribution is -0.140. The molecule has 0 atom stereocenters. The van der Waals surface area contributed by atoms with Gasteiger partial charge in [-0.05, 0) is 61.9 Å². The lowest BCUT2D eigenvalue weighted by Crippen LogP contribution is -2.39. The van der Waals surface area contributed by atoms with Crippen molar-refractivity contribution in [1.29, 1.82) is 0 Å². The van der Waals surface area contributed by atoms with Crippen LogP contribution in [0, 0.1) is 5.82 Å². The molecule has 2 aromatic carbocycles. The number of hydrogen-bond acceptors (Lipinski definition) is 4. The first-order chi connectivity index (χ1) is 12.7. The fourth-order valence-electron chi connectivity index (χ4n) is 3.07. The Bertz CT molecular complexity index is 922. The van der Waals surface area contributed by atoms with Gasteiger partial charge >= 0.3 is 5.97 Å². The van der Waals surface area contributed by atoms with Gasteiger partial charge in [0, 0.05) is 16.9 Å². The zero-order valence-electron chi connectivity index (χ0n) is 15.2. The van der Waals surface area contributed by atoms with Crippen LogP contribution < -0.4 is 10.2 Å². The number of fused-ring (bicyclic) bond motifs is 1. The molecule has 1 aliphatic rings. The van der Waals surface area contributed by atoms with E-state index in [0.29, 0.717) is 22.5 Å². The molecule has 0 bridgehead atoms. The van der Waals surface area contributed by atoms with Gasteiger partial charge in [0.2, 0.25) is 5.91 Å². The highest BCUT2D eigenvalue weighted by molar-refractivity contribution is 6.11. The van der Waals surface area contributed by atoms with Crippen molar-refractivity contribution in [3.05, 3.63) is 59.4 Å². The minimum Gasteiger partial charge on any atom is -0.468 e. The van der Waals surface area contributed by atoms with Gasteiger partial charge in [-0.2, -0.15) is 0 Å². The summed E-state index contributed by atoms with van der Waals surface area (Å²) in [6.45, 7) is 3.35. The maximum absolute atomic E-state index is 13.0. The van der Waals surface area contributed by atoms with Gasteiger partial charge in [0.15, 0.2) is 0 Å². The number of benzene rings is 2. The second-order valence-electron chi connectivity index (χ2n) is 6.79. The number of carbonyl (C=O) groups is 3. The van der Waals surface area contributed by atoms with Crippen LogP contribution in [0.1, 0.15) is 29.8 Å². The first kappa shape index (κ1) is 18.6. The van der Waals surface area contributed by atoms with Gasteiger partial charge in [-0.1, -0.05) is 0 Å². The molecule has 7 heteroatoms. The molecule has 0 saturated carbocycles. The molecule has 1 heterocycles. The van der Waals surface area contributed by atoms with Crippen LogP contribution in [0.2, 0.25) is 0 Å². The lowest BCUT2D eigenvalue weighted by Gasteiger charge is -2.19. The Morgan fingerprint density at radius 1 is 1.15 bits per heavy atom. The van der Waals surface area contributed by atoms with E-state index in [1.165, 1.54) is 36.3 Å². The predicted molar refractivity (Wildman–Crippen MR) is 98.2 cm³/mol. The van der Waals surface area contributed by atoms with Crippen molar-refractivity contribution in [3.8, 4) is 0 Å². The van der Waals surface area contributed by atoms with E-state index in [1.54, 1.807) is 32.0 Å². The number of hydrogen-bond donors (Lipinski definition) is 1. The van der Waals surface area contributed by atoms with Gasteiger partial charge < -0.3 is 15.0 Å². The number of methoxy groups -OCH3 is 1. The van der Waals surface area contributed by atoms with Gasteiger partial charge in [-0.3, -0.25) is 14.4 Å². The first-order valence-corrected chi connectivity index (χ1v) is 8.34. The molecule has 140 valence electrons. The molecule has 0 unspecified atom stereocenters. The lowest BCUT2D eigenvalue weighted by atomic mass is 9.86. The van der Waals surface area contributed by atoms with Crippen molar-refractivity contribution in [2.45, 2.75) is 19.3 Å². The van der Waals surface area contributed by atoms with Gasteiger partial charge in [0.1, 0.15) is 12.4 Å². The molecule has 1 N–H and O–H groups in total. The average molecular weight is 370 g/mol. The molecule has 6 nitrogen and oxygen atoms in total. The molecule has 0 radical (unpaired) electrons. The summed E-state index contributed by atoms with van der Waals surface area (Å²) < 4.78 is 17.7. The summed E-state index contributed by atoms with van der Waals surface area (Å²) >= 11 is 0. The average Bonchev–Trinajstić information content (AvgIpc) is 2.83. The van der Waals surface area contributed by atoms with E-state index in [1.807, 2.05) is 0 Å². The number of carbonyl (C=O) groups excluding carboxylic acids is 3. The number of esters is 1. The van der Waals surface area contributed by atoms with Gasteiger partial charge in [0.05, 0.1) is 12.5 Å². The van der Waals surface area contributed by atoms with E-state index in [0.717, 1.165) is 0 Å². The van der Waals surface area contributed by atoms with E-state index in [4.69, 9.17) is 0 Å². The molecule has 1 aliphatic heterocycles. The van der Waals surface area contributed by atoms with Crippen LogP contribution in [0.4, 0.5) is 15.8 Å². The van der Waals surface area contributed by atoms with Crippen LogP contribution in [0.25, 0.3) is 0 Å². The van der Waals surface area contributed by atoms with Crippen LogP contribution in [0.3, 0.4) is 0 Å². The van der Waals surface area contributed by atoms with Crippen LogP contribution in [0.5, 0.6) is 0 Å². The number of amides is 2. The van der Waals surface area contributed by atoms with E-state index in [2.05, 4.69) is 10.1 Å². The smallest absolute Gasteiger partial charge is 0.325 e. The van der Waals surface area contributed by atoms with Crippen molar-refractivity contribution in [3.63, 3.8) is 0 Å². The fraction of sp³-hybridized carbons (Fsp3) is 0.250. The van der Waals surface area contributed by atoms with E-state index in [9.17, 15) is 18.8 Å². The van der Waals surface area contributed by atoms with E-state index in [-0.39, 0.29) is 18.4 Å². The number of halogens is 1. The van der Waals surface area contributed by atoms with Crippen LogP contribution >= 0.6 is 0 Å². The molecule has 27 heavy (non-hydrogen) atoms. The molecule has 0 aliphatic carbocycles. The minimum absolute atomic E-state index is 0.174. The summed E-state index contributed by atoms with van der Waals surface area (Å²) in [7, 11) is 1.27. The number of anilines is 2. The standard InChI is InChI=1S/C20H19FN2O4/c1-20(2)15-10-14(22-18(25)12-4-6-13(21)7-5-12)8-9-16(15)23(19(20)26)11-17(24)27-3/h4-10H,11H2,1-3H3,(H,22,25). The minimum atomic E-state index is -0.847. The van der Waals surface area contributed by atoms with Gasteiger partial charge in [0.25, 0.3) is 5.91 Å². The maximum Gasteiger partial charge on any atom is 0.325 e. The summed E-state index contributed by atoms with van der Waals surface area (Å²) in [6.07, 6.45) is 0. The zero-order chi connectivity index (χ0) is 19.8. The van der Waals surface area contributed by atoms with Crippen LogP contribution in [0.15, 0.2) is 42.5 Å². The fourth-order valence-corrected chi connectivity index (χ4v) is 3.07. The Balaban J connectivity index is 1.88. The number of ether oxygens (including phenoxy) is 1. The highest BCUT2D eigenvalue weighted by Gasteiger charge is 2.44. The summed E-state index contributed by atoms with van der Waals surface area (Å²) in [6, 6.07) is 10.3. The maximum atomic E-state index is 13.0. The SMILES string of the molecule is COC(=O)CN1C(=O)C(C)(C)c2cc(NC(=O)c3ccc(F)cc3)ccc21. The van der Waals surface area contributed by atoms with Crippen molar-refractivity contribution in [2.24, 2.45) is 0 Å². The highest BCUT2D eigenvalue weighted by Crippen LogP contribution is 2.42. The largest absolute Gasteiger partial charge is 0.468 e. The molecule has 0 saturated heterocycles. The first-order valence-electron chi connectivity index (χ1n) is 8.34. The Kier molecular flexibility index (Phi) is 4.70. The van der Waals surface area contributed by atoms with E-state index < -0.39 is 17.2 Å². The topological polar surface area (TPSA) is 75.7 Å². The second-order valence-corrected chi connectivity index (χ2v) is 6.79. The Morgan fingerprint density at radius 3 is 2.44 bits per heavy atom. The Labute approximate surface area is 155 Å². The van der Waals surface area contributed by atoms with Crippen molar-refractivity contribution in [2.75, 3.05) is 23.9 Å². The van der Waals surface area contributed by atoms with Crippen molar-refractivity contribution in [1.82, 2.24) is 0 Å². The van der Waals surface area contributed by atoms with Gasteiger partial charge in [-0.15, -0.1) is 0 Å². The summed E-state index contributed by atoms with van der Waals surface area (Å²) in [5, 5.41) is 2.74. The second kappa shape index (κ2) is 6.83. The molecule has 2 aromatic rings. The molecular formula is C20H19FN2O4. The summed E-state index contributed by atoms with van der Waals surface area (Å²) in [5.74, 6) is -1.54. The van der Waals surface area contributed by atoms with Gasteiger partial charge in [-0.25, -0.2) is 4.39 Å². The Hall–Kier alpha value is -3.22. The monoisotopic (exact) mass is 370 g/mol. The summed E-state index contributed by atoms with van der Waals surface area (Å²) in [5.41, 5.74) is 1.28. The van der Waals surface area contributed by atoms with Crippen LogP contribution in [-0.2, 0) is 19.7 Å². The summed E-state index contributed by atoms with van der Waals surface area (Å²) in [4.78, 5) is 38.1. The third-order valence-electron chi connectivity index (χ3n) is 4.62. The normalized spacial score (nSPS) is 14.7. The van der Waals surface area contributed by atoms with Crippen molar-refractivity contribution < 1.29 is 23.5 Å². The number of nitrogens with one attached hydrogen (secondary N) is 1. The van der Waals surface area contributed by atoms with Crippen LogP contribution in [-0.4, -0.2) is 31.4 Å². The molecule has 0 spiro atoms. The molecule has 0 aromatic heterocycles. The number of nitrogens with zero attached hydrogens (tertiary/aromatic N) is 1. The Morgan fingerprint density at radius 2 is 1.81 bits per heavy atom. The molecule has 0 fully saturated rings. The molecular weight excluding hydrogens is 351 g/mol. The molecule has 2 amide bonds. The van der Waals surface area contributed by atoms with Crippen molar-refractivity contribution >= 4 is 29.2 Å². The molecule has 3 rings (SSSR count). The quantitative estimate of drug-likeness (QED) is 0.840. The zero-order valence-corrected chi connectivity index (χ0v) is 15.2.